The summed E-state index contributed by atoms with van der Waals surface area (Å²) < 4.78 is 31.1. The van der Waals surface area contributed by atoms with Crippen LogP contribution in [0.1, 0.15) is 0 Å². The number of rotatable bonds is 10. The van der Waals surface area contributed by atoms with Gasteiger partial charge in [0.25, 0.3) is 20.0 Å². The predicted octanol–water partition coefficient (Wildman–Crippen LogP) is -2.50. The largest absolute Gasteiger partial charge is 0.483 e. The molecule has 0 saturated carbocycles. The van der Waals surface area contributed by atoms with Gasteiger partial charge >= 0.3 is 9.53 Å². The SMILES string of the molecule is CO[SiH](OC)OC.[SiH3]O[SiH2]O[SiH2]O[SiH](c1ccccc1)c1ccccc1. The molecule has 0 aliphatic carbocycles. The zero-order valence-corrected chi connectivity index (χ0v) is 22.9. The van der Waals surface area contributed by atoms with Gasteiger partial charge in [0.15, 0.2) is 0 Å². The van der Waals surface area contributed by atoms with Crippen LogP contribution in [0.15, 0.2) is 60.7 Å². The Kier molecular flexibility index (Phi) is 13.8. The summed E-state index contributed by atoms with van der Waals surface area (Å²) in [6, 6.07) is 21.0. The second kappa shape index (κ2) is 15.4. The van der Waals surface area contributed by atoms with Crippen LogP contribution in [-0.4, -0.2) is 70.4 Å². The standard InChI is InChI=1S/C12H18O3Si4.C3H10O3Si/c16-13-17-14-18-15-19(11-7-3-1-4-8-11)12-9-5-2-6-10-12;1-4-7(5-2)6-3/h1-10,19H,17-18H2,16H3;7H,1-3H3. The third kappa shape index (κ3) is 9.29. The molecule has 0 fully saturated rings. The highest BCUT2D eigenvalue weighted by Gasteiger charge is 2.16. The molecule has 11 heteroatoms. The van der Waals surface area contributed by atoms with E-state index in [-0.39, 0.29) is 0 Å². The summed E-state index contributed by atoms with van der Waals surface area (Å²) in [7, 11) is 0.564. The monoisotopic (exact) mass is 444 g/mol. The molecular formula is C15H28O6Si5. The highest BCUT2D eigenvalue weighted by atomic mass is 28.4. The Hall–Kier alpha value is -0.716. The molecule has 144 valence electrons. The van der Waals surface area contributed by atoms with Crippen LogP contribution < -0.4 is 10.4 Å². The maximum atomic E-state index is 6.14. The Morgan fingerprint density at radius 2 is 1.19 bits per heavy atom. The zero-order valence-electron chi connectivity index (χ0n) is 15.8. The summed E-state index contributed by atoms with van der Waals surface area (Å²) in [6.45, 7) is 0. The molecule has 6 nitrogen and oxygen atoms in total. The van der Waals surface area contributed by atoms with Gasteiger partial charge in [0.1, 0.15) is 10.5 Å². The Bertz CT molecular complexity index is 516. The van der Waals surface area contributed by atoms with Crippen molar-refractivity contribution in [3.8, 4) is 0 Å². The lowest BCUT2D eigenvalue weighted by Gasteiger charge is -2.17. The lowest BCUT2D eigenvalue weighted by Crippen LogP contribution is -2.46. The van der Waals surface area contributed by atoms with Crippen molar-refractivity contribution >= 4 is 59.4 Å². The van der Waals surface area contributed by atoms with Gasteiger partial charge < -0.3 is 25.6 Å². The van der Waals surface area contributed by atoms with Crippen LogP contribution in [0.5, 0.6) is 0 Å². The number of benzene rings is 2. The van der Waals surface area contributed by atoms with E-state index in [0.717, 1.165) is 10.5 Å². The normalized spacial score (nSPS) is 11.7. The van der Waals surface area contributed by atoms with E-state index >= 15 is 0 Å². The molecule has 2 rings (SSSR count). The Morgan fingerprint density at radius 1 is 0.731 bits per heavy atom. The van der Waals surface area contributed by atoms with Crippen LogP contribution >= 0.6 is 0 Å². The molecule has 0 radical (unpaired) electrons. The third-order valence-electron chi connectivity index (χ3n) is 3.30. The minimum absolute atomic E-state index is 0.760. The van der Waals surface area contributed by atoms with E-state index in [1.54, 1.807) is 21.3 Å². The first-order valence-electron chi connectivity index (χ1n) is 8.13. The first-order valence-corrected chi connectivity index (χ1v) is 14.3. The van der Waals surface area contributed by atoms with Gasteiger partial charge in [-0.1, -0.05) is 60.7 Å². The molecule has 0 unspecified atom stereocenters. The molecular weight excluding hydrogens is 417 g/mol. The van der Waals surface area contributed by atoms with Crippen molar-refractivity contribution in [3.63, 3.8) is 0 Å². The lowest BCUT2D eigenvalue weighted by molar-refractivity contribution is 0.163. The zero-order chi connectivity index (χ0) is 19.0. The van der Waals surface area contributed by atoms with Gasteiger partial charge in [-0.2, -0.15) is 0 Å². The molecule has 26 heavy (non-hydrogen) atoms. The molecule has 0 heterocycles. The fraction of sp³-hybridized carbons (Fsp3) is 0.200. The van der Waals surface area contributed by atoms with Crippen LogP contribution in [-0.2, 0) is 25.6 Å². The summed E-state index contributed by atoms with van der Waals surface area (Å²) in [5.41, 5.74) is 0. The molecule has 0 aromatic heterocycles. The van der Waals surface area contributed by atoms with E-state index < -0.39 is 38.6 Å². The van der Waals surface area contributed by atoms with Crippen molar-refractivity contribution in [2.24, 2.45) is 0 Å². The van der Waals surface area contributed by atoms with Gasteiger partial charge in [0.2, 0.25) is 9.04 Å². The van der Waals surface area contributed by atoms with Gasteiger partial charge in [-0.3, -0.25) is 0 Å². The molecule has 0 amide bonds. The number of hydrogen-bond donors (Lipinski definition) is 0. The summed E-state index contributed by atoms with van der Waals surface area (Å²) in [4.78, 5) is 0. The maximum Gasteiger partial charge on any atom is 0.483 e. The first-order chi connectivity index (χ1) is 12.8. The smallest absolute Gasteiger partial charge is 0.449 e. The van der Waals surface area contributed by atoms with E-state index in [0.29, 0.717) is 0 Å². The molecule has 0 N–H and O–H groups in total. The molecule has 2 aromatic rings. The highest BCUT2D eigenvalue weighted by Crippen LogP contribution is 1.94. The van der Waals surface area contributed by atoms with Crippen molar-refractivity contribution in [3.05, 3.63) is 60.7 Å². The topological polar surface area (TPSA) is 55.4 Å². The first kappa shape index (κ1) is 23.3. The number of hydrogen-bond acceptors (Lipinski definition) is 6. The summed E-state index contributed by atoms with van der Waals surface area (Å²) >= 11 is 0. The molecule has 0 spiro atoms. The molecule has 0 aliphatic heterocycles. The van der Waals surface area contributed by atoms with Crippen LogP contribution in [0.25, 0.3) is 0 Å². The molecule has 0 atom stereocenters. The second-order valence-electron chi connectivity index (χ2n) is 5.09. The minimum Gasteiger partial charge on any atom is -0.449 e. The van der Waals surface area contributed by atoms with Crippen molar-refractivity contribution in [2.75, 3.05) is 21.3 Å². The van der Waals surface area contributed by atoms with Crippen molar-refractivity contribution in [1.82, 2.24) is 0 Å². The van der Waals surface area contributed by atoms with Crippen LogP contribution in [0.3, 0.4) is 0 Å². The molecule has 0 saturated heterocycles. The quantitative estimate of drug-likeness (QED) is 0.298. The average molecular weight is 445 g/mol. The Balaban J connectivity index is 0.000000412. The van der Waals surface area contributed by atoms with Gasteiger partial charge in [-0.25, -0.2) is 0 Å². The van der Waals surface area contributed by atoms with E-state index in [2.05, 4.69) is 48.5 Å². The predicted molar refractivity (Wildman–Crippen MR) is 118 cm³/mol. The summed E-state index contributed by atoms with van der Waals surface area (Å²) in [6.07, 6.45) is 0. The molecule has 0 bridgehead atoms. The fourth-order valence-electron chi connectivity index (χ4n) is 2.16. The fourth-order valence-corrected chi connectivity index (χ4v) is 10.0. The van der Waals surface area contributed by atoms with Gasteiger partial charge in [0.05, 0.1) is 0 Å². The van der Waals surface area contributed by atoms with Gasteiger partial charge in [-0.05, 0) is 10.4 Å². The third-order valence-corrected chi connectivity index (χ3v) is 10.6. The van der Waals surface area contributed by atoms with E-state index in [1.807, 2.05) is 12.1 Å². The lowest BCUT2D eigenvalue weighted by atomic mass is 10.4. The van der Waals surface area contributed by atoms with Crippen LogP contribution in [0, 0.1) is 0 Å². The minimum atomic E-state index is -1.67. The van der Waals surface area contributed by atoms with Crippen LogP contribution in [0.2, 0.25) is 0 Å². The van der Waals surface area contributed by atoms with Gasteiger partial charge in [0, 0.05) is 21.3 Å². The Morgan fingerprint density at radius 3 is 1.54 bits per heavy atom. The molecule has 2 aromatic carbocycles. The van der Waals surface area contributed by atoms with Crippen LogP contribution in [0.4, 0.5) is 0 Å². The van der Waals surface area contributed by atoms with Crippen molar-refractivity contribution < 1.29 is 25.6 Å². The van der Waals surface area contributed by atoms with E-state index in [9.17, 15) is 0 Å². The average Bonchev–Trinajstić information content (AvgIpc) is 2.71. The summed E-state index contributed by atoms with van der Waals surface area (Å²) in [5, 5.41) is 2.61. The van der Waals surface area contributed by atoms with Gasteiger partial charge in [-0.15, -0.1) is 0 Å². The second-order valence-corrected chi connectivity index (χ2v) is 14.9. The van der Waals surface area contributed by atoms with E-state index in [4.69, 9.17) is 25.6 Å². The van der Waals surface area contributed by atoms with Crippen molar-refractivity contribution in [2.45, 2.75) is 0 Å². The van der Waals surface area contributed by atoms with Crippen molar-refractivity contribution in [1.29, 1.82) is 0 Å². The highest BCUT2D eigenvalue weighted by molar-refractivity contribution is 6.82. The molecule has 0 aliphatic rings. The Labute approximate surface area is 167 Å². The van der Waals surface area contributed by atoms with E-state index in [1.165, 1.54) is 10.4 Å². The summed E-state index contributed by atoms with van der Waals surface area (Å²) in [5.74, 6) is 0. The maximum absolute atomic E-state index is 6.14.